The van der Waals surface area contributed by atoms with E-state index in [0.717, 1.165) is 22.7 Å². The molecule has 0 saturated carbocycles. The van der Waals surface area contributed by atoms with Gasteiger partial charge in [-0.1, -0.05) is 206 Å². The van der Waals surface area contributed by atoms with Crippen LogP contribution in [0, 0.1) is 27.7 Å². The predicted molar refractivity (Wildman–Crippen MR) is 348 cm³/mol. The van der Waals surface area contributed by atoms with Crippen molar-refractivity contribution in [3.63, 3.8) is 0 Å². The van der Waals surface area contributed by atoms with E-state index in [4.69, 9.17) is 0 Å². The first-order valence-corrected chi connectivity index (χ1v) is 29.1. The zero-order valence-corrected chi connectivity index (χ0v) is 46.7. The summed E-state index contributed by atoms with van der Waals surface area (Å²) < 4.78 is 5.22. The van der Waals surface area contributed by atoms with E-state index in [1.807, 2.05) is 22.7 Å². The molecule has 0 atom stereocenters. The van der Waals surface area contributed by atoms with E-state index in [0.29, 0.717) is 0 Å². The van der Waals surface area contributed by atoms with Gasteiger partial charge in [-0.15, -0.1) is 22.7 Å². The summed E-state index contributed by atoms with van der Waals surface area (Å²) in [4.78, 5) is 5.02. The lowest BCUT2D eigenvalue weighted by atomic mass is 9.94. The Morgan fingerprint density at radius 1 is 0.250 bits per heavy atom. The highest BCUT2D eigenvalue weighted by molar-refractivity contribution is 7.26. The van der Waals surface area contributed by atoms with Gasteiger partial charge in [0.25, 0.3) is 0 Å². The van der Waals surface area contributed by atoms with Crippen molar-refractivity contribution in [1.82, 2.24) is 0 Å². The number of hydrogen-bond donors (Lipinski definition) is 0. The summed E-state index contributed by atoms with van der Waals surface area (Å²) in [5.41, 5.74) is 23.6. The Kier molecular flexibility index (Phi) is 12.5. The number of para-hydroxylation sites is 2. The van der Waals surface area contributed by atoms with E-state index < -0.39 is 0 Å². The van der Waals surface area contributed by atoms with Crippen LogP contribution in [0.4, 0.5) is 34.1 Å². The van der Waals surface area contributed by atoms with Crippen LogP contribution in [-0.2, 0) is 0 Å². The van der Waals surface area contributed by atoms with Crippen LogP contribution < -0.4 is 9.80 Å². The van der Waals surface area contributed by atoms with Crippen molar-refractivity contribution in [1.29, 1.82) is 0 Å². The second kappa shape index (κ2) is 20.5. The number of benzene rings is 12. The van der Waals surface area contributed by atoms with Gasteiger partial charge in [0, 0.05) is 85.3 Å². The monoisotopic (exact) mass is 1060 g/mol. The molecular weight excluding hydrogens is 1000 g/mol. The van der Waals surface area contributed by atoms with Crippen molar-refractivity contribution >= 4 is 97.1 Å². The molecule has 0 spiro atoms. The first-order chi connectivity index (χ1) is 39.3. The van der Waals surface area contributed by atoms with Crippen molar-refractivity contribution in [3.8, 4) is 55.6 Å². The lowest BCUT2D eigenvalue weighted by molar-refractivity contribution is 1.22. The zero-order chi connectivity index (χ0) is 53.8. The molecule has 2 aromatic heterocycles. The van der Waals surface area contributed by atoms with E-state index in [2.05, 4.69) is 304 Å². The maximum Gasteiger partial charge on any atom is 0.0569 e. The Bertz CT molecular complexity index is 4360. The zero-order valence-electron chi connectivity index (χ0n) is 45.1. The van der Waals surface area contributed by atoms with E-state index in [1.54, 1.807) is 0 Å². The Morgan fingerprint density at radius 3 is 1.04 bits per heavy atom. The van der Waals surface area contributed by atoms with Crippen LogP contribution in [0.5, 0.6) is 0 Å². The molecule has 0 radical (unpaired) electrons. The number of nitrogens with zero attached hydrogens (tertiary/aromatic N) is 2. The van der Waals surface area contributed by atoms with Crippen molar-refractivity contribution in [2.24, 2.45) is 0 Å². The summed E-state index contributed by atoms with van der Waals surface area (Å²) in [5, 5.41) is 5.19. The first kappa shape index (κ1) is 49.0. The minimum atomic E-state index is 1.11. The van der Waals surface area contributed by atoms with Crippen molar-refractivity contribution in [2.45, 2.75) is 27.7 Å². The third-order valence-electron chi connectivity index (χ3n) is 15.9. The second-order valence-corrected chi connectivity index (χ2v) is 23.1. The second-order valence-electron chi connectivity index (χ2n) is 21.0. The minimum Gasteiger partial charge on any atom is -0.309 e. The van der Waals surface area contributed by atoms with Gasteiger partial charge in [0.15, 0.2) is 0 Å². The molecule has 0 N–H and O–H groups in total. The highest BCUT2D eigenvalue weighted by Crippen LogP contribution is 2.51. The molecule has 0 fully saturated rings. The molecule has 2 nitrogen and oxygen atoms in total. The van der Waals surface area contributed by atoms with Crippen molar-refractivity contribution in [3.05, 3.63) is 289 Å². The van der Waals surface area contributed by atoms with Crippen LogP contribution in [0.3, 0.4) is 0 Å². The Balaban J connectivity index is 0.911. The van der Waals surface area contributed by atoms with Crippen LogP contribution >= 0.6 is 22.7 Å². The van der Waals surface area contributed by atoms with Crippen LogP contribution in [0.2, 0.25) is 0 Å². The summed E-state index contributed by atoms with van der Waals surface area (Å²) in [6.07, 6.45) is 0. The summed E-state index contributed by atoms with van der Waals surface area (Å²) in [7, 11) is 0. The summed E-state index contributed by atoms with van der Waals surface area (Å²) >= 11 is 3.77. The highest BCUT2D eigenvalue weighted by Gasteiger charge is 2.26. The maximum absolute atomic E-state index is 2.51. The summed E-state index contributed by atoms with van der Waals surface area (Å²) in [6, 6.07) is 98.5. The van der Waals surface area contributed by atoms with Crippen LogP contribution in [-0.4, -0.2) is 0 Å². The molecule has 4 heteroatoms. The van der Waals surface area contributed by atoms with Gasteiger partial charge in [0.2, 0.25) is 0 Å². The number of thiophene rings is 2. The van der Waals surface area contributed by atoms with Gasteiger partial charge in [0.1, 0.15) is 0 Å². The molecule has 0 amide bonds. The topological polar surface area (TPSA) is 6.48 Å². The quantitative estimate of drug-likeness (QED) is 0.127. The standard InChI is InChI=1S/C76H56N2S2/c1-49-21-15-33-63(67-37-19-35-65-61-31-11-13-39-71(61)79-75(65)67)73(49)77(59-29-17-27-55(47-59)53-23-7-5-8-24-53)69-43-41-57(45-51(69)3)58-42-44-70(52(4)46-58)78(60-30-18-28-56(48-60)54-25-9-6-10-26-54)74-50(2)22-16-34-64(74)68-38-20-36-66-62-32-12-14-40-72(62)80-76(66)68/h5-48H,1-4H3. The number of aryl methyl sites for hydroxylation is 4. The Morgan fingerprint density at radius 2 is 0.600 bits per heavy atom. The van der Waals surface area contributed by atoms with Crippen LogP contribution in [0.25, 0.3) is 96.0 Å². The van der Waals surface area contributed by atoms with E-state index >= 15 is 0 Å². The highest BCUT2D eigenvalue weighted by atomic mass is 32.1. The van der Waals surface area contributed by atoms with E-state index in [-0.39, 0.29) is 0 Å². The third kappa shape index (κ3) is 8.65. The molecular formula is C76H56N2S2. The normalized spacial score (nSPS) is 11.5. The molecule has 0 unspecified atom stereocenters. The van der Waals surface area contributed by atoms with Crippen LogP contribution in [0.1, 0.15) is 22.3 Å². The molecule has 0 aliphatic carbocycles. The fourth-order valence-corrected chi connectivity index (χ4v) is 14.6. The Labute approximate surface area is 476 Å². The Hall–Kier alpha value is -9.32. The van der Waals surface area contributed by atoms with Gasteiger partial charge < -0.3 is 9.80 Å². The SMILES string of the molecule is Cc1cc(-c2ccc(N(c3cccc(-c4ccccc4)c3)c3c(C)cccc3-c3cccc4c3sc3ccccc34)c(C)c2)ccc1N(c1cccc(-c2ccccc2)c1)c1c(C)cccc1-c1cccc2c1sc1ccccc12. The molecule has 0 bridgehead atoms. The average Bonchev–Trinajstić information content (AvgIpc) is 4.14. The largest absolute Gasteiger partial charge is 0.309 e. The van der Waals surface area contributed by atoms with Gasteiger partial charge in [-0.25, -0.2) is 0 Å². The van der Waals surface area contributed by atoms with Gasteiger partial charge in [-0.3, -0.25) is 0 Å². The van der Waals surface area contributed by atoms with Crippen LogP contribution in [0.15, 0.2) is 267 Å². The summed E-state index contributed by atoms with van der Waals surface area (Å²) in [5.74, 6) is 0. The van der Waals surface area contributed by atoms with Gasteiger partial charge >= 0.3 is 0 Å². The summed E-state index contributed by atoms with van der Waals surface area (Å²) in [6.45, 7) is 9.07. The van der Waals surface area contributed by atoms with Gasteiger partial charge in [-0.2, -0.15) is 0 Å². The molecule has 382 valence electrons. The molecule has 2 heterocycles. The fourth-order valence-electron chi connectivity index (χ4n) is 12.1. The average molecular weight is 1060 g/mol. The smallest absolute Gasteiger partial charge is 0.0569 e. The molecule has 0 aliphatic rings. The lowest BCUT2D eigenvalue weighted by Crippen LogP contribution is -2.14. The third-order valence-corrected chi connectivity index (χ3v) is 18.4. The number of fused-ring (bicyclic) bond motifs is 6. The number of rotatable bonds is 11. The molecule has 0 aliphatic heterocycles. The van der Waals surface area contributed by atoms with Crippen molar-refractivity contribution in [2.75, 3.05) is 9.80 Å². The number of hydrogen-bond acceptors (Lipinski definition) is 4. The number of anilines is 6. The molecule has 12 aromatic carbocycles. The maximum atomic E-state index is 2.51. The van der Waals surface area contributed by atoms with E-state index in [9.17, 15) is 0 Å². The van der Waals surface area contributed by atoms with E-state index in [1.165, 1.54) is 130 Å². The minimum absolute atomic E-state index is 1.11. The fraction of sp³-hybridized carbons (Fsp3) is 0.0526. The molecule has 0 saturated heterocycles. The van der Waals surface area contributed by atoms with Gasteiger partial charge in [0.05, 0.1) is 11.4 Å². The first-order valence-electron chi connectivity index (χ1n) is 27.5. The molecule has 14 rings (SSSR count). The van der Waals surface area contributed by atoms with Gasteiger partial charge in [-0.05, 0) is 144 Å². The molecule has 14 aromatic rings. The van der Waals surface area contributed by atoms with Crippen molar-refractivity contribution < 1.29 is 0 Å². The lowest BCUT2D eigenvalue weighted by Gasteiger charge is -2.32. The molecule has 80 heavy (non-hydrogen) atoms. The predicted octanol–water partition coefficient (Wildman–Crippen LogP) is 22.9.